The summed E-state index contributed by atoms with van der Waals surface area (Å²) >= 11 is 0. The molecule has 0 aliphatic carbocycles. The first-order valence-electron chi connectivity index (χ1n) is 11.3. The van der Waals surface area contributed by atoms with E-state index in [1.807, 2.05) is 0 Å². The molecule has 4 rings (SSSR count). The predicted molar refractivity (Wildman–Crippen MR) is 121 cm³/mol. The lowest BCUT2D eigenvalue weighted by Gasteiger charge is -2.39. The summed E-state index contributed by atoms with van der Waals surface area (Å²) in [6.45, 7) is -0.166. The molecule has 1 aliphatic heterocycles. The van der Waals surface area contributed by atoms with Gasteiger partial charge in [-0.1, -0.05) is 17.3 Å². The molecule has 2 heterocycles. The molecule has 0 saturated heterocycles. The Bertz CT molecular complexity index is 1460. The molecule has 0 saturated carbocycles. The van der Waals surface area contributed by atoms with Gasteiger partial charge in [-0.2, -0.15) is 31.6 Å². The number of sulfonamides is 1. The minimum Gasteiger partial charge on any atom is -0.369 e. The van der Waals surface area contributed by atoms with E-state index in [-0.39, 0.29) is 36.5 Å². The van der Waals surface area contributed by atoms with Crippen LogP contribution in [-0.2, 0) is 33.4 Å². The van der Waals surface area contributed by atoms with E-state index in [1.54, 1.807) is 0 Å². The van der Waals surface area contributed by atoms with Crippen LogP contribution in [0.3, 0.4) is 0 Å². The maximum Gasteiger partial charge on any atom is 0.430 e. The summed E-state index contributed by atoms with van der Waals surface area (Å²) in [4.78, 5) is 12.2. The van der Waals surface area contributed by atoms with Gasteiger partial charge in [0.05, 0.1) is 23.2 Å². The molecule has 1 amide bonds. The Balaban J connectivity index is 1.76. The standard InChI is InChI=1S/C22H19F7N6O4S/c23-14-3-6-16(7-4-14)40(38,39)35-15(10-19(36)30-11-18-31-33-34-32-18)5-1-12-9-13(2-8-17(12)35)20(37,21(24,25)26)22(27,28)29/h2-4,6-9,15,37H,1,5,10-11H2,(H,30,36)(H,31,32,33,34)/t15-/m0/s1. The molecule has 0 unspecified atom stereocenters. The summed E-state index contributed by atoms with van der Waals surface area (Å²) < 4.78 is 122. The number of H-pyrrole nitrogens is 1. The number of fused-ring (bicyclic) bond motifs is 1. The van der Waals surface area contributed by atoms with E-state index in [2.05, 4.69) is 25.9 Å². The number of halogens is 7. The van der Waals surface area contributed by atoms with Crippen molar-refractivity contribution in [2.24, 2.45) is 0 Å². The number of benzene rings is 2. The zero-order chi connectivity index (χ0) is 29.5. The van der Waals surface area contributed by atoms with Crippen molar-refractivity contribution < 1.29 is 49.1 Å². The number of carbonyl (C=O) groups excluding carboxylic acids is 1. The fourth-order valence-corrected chi connectivity index (χ4v) is 6.02. The van der Waals surface area contributed by atoms with Crippen LogP contribution in [0.4, 0.5) is 36.4 Å². The molecule has 3 aromatic rings. The topological polar surface area (TPSA) is 141 Å². The Labute approximate surface area is 221 Å². The van der Waals surface area contributed by atoms with Gasteiger partial charge in [-0.15, -0.1) is 10.2 Å². The maximum atomic E-state index is 13.6. The van der Waals surface area contributed by atoms with E-state index in [9.17, 15) is 49.1 Å². The smallest absolute Gasteiger partial charge is 0.369 e. The van der Waals surface area contributed by atoms with Crippen LogP contribution in [0.1, 0.15) is 29.8 Å². The fourth-order valence-electron chi connectivity index (χ4n) is 4.30. The van der Waals surface area contributed by atoms with Crippen LogP contribution in [0, 0.1) is 5.82 Å². The largest absolute Gasteiger partial charge is 0.430 e. The van der Waals surface area contributed by atoms with Gasteiger partial charge in [-0.05, 0) is 48.7 Å². The summed E-state index contributed by atoms with van der Waals surface area (Å²) in [6.07, 6.45) is -13.2. The number of aromatic amines is 1. The number of anilines is 1. The van der Waals surface area contributed by atoms with Crippen molar-refractivity contribution in [3.8, 4) is 0 Å². The molecule has 0 spiro atoms. The highest BCUT2D eigenvalue weighted by atomic mass is 32.2. The number of hydrogen-bond donors (Lipinski definition) is 3. The second kappa shape index (κ2) is 10.3. The molecule has 1 aliphatic rings. The van der Waals surface area contributed by atoms with Gasteiger partial charge in [0.15, 0.2) is 5.82 Å². The third kappa shape index (κ3) is 5.32. The average molecular weight is 596 g/mol. The highest BCUT2D eigenvalue weighted by molar-refractivity contribution is 7.92. The van der Waals surface area contributed by atoms with E-state index in [1.165, 1.54) is 0 Å². The van der Waals surface area contributed by atoms with Crippen LogP contribution in [0.2, 0.25) is 0 Å². The monoisotopic (exact) mass is 596 g/mol. The molecule has 2 aromatic carbocycles. The first kappa shape index (κ1) is 29.2. The molecular formula is C22H19F7N6O4S. The number of hydrogen-bond acceptors (Lipinski definition) is 7. The van der Waals surface area contributed by atoms with Crippen molar-refractivity contribution in [1.82, 2.24) is 25.9 Å². The number of carbonyl (C=O) groups is 1. The van der Waals surface area contributed by atoms with Crippen molar-refractivity contribution in [1.29, 1.82) is 0 Å². The fraction of sp³-hybridized carbons (Fsp3) is 0.364. The van der Waals surface area contributed by atoms with Gasteiger partial charge in [0.2, 0.25) is 5.91 Å². The van der Waals surface area contributed by atoms with E-state index < -0.39 is 62.6 Å². The van der Waals surface area contributed by atoms with Crippen LogP contribution >= 0.6 is 0 Å². The van der Waals surface area contributed by atoms with Crippen LogP contribution in [0.5, 0.6) is 0 Å². The number of nitrogens with one attached hydrogen (secondary N) is 2. The van der Waals surface area contributed by atoms with Gasteiger partial charge in [0.1, 0.15) is 5.82 Å². The third-order valence-corrected chi connectivity index (χ3v) is 8.14. The Morgan fingerprint density at radius 2 is 1.73 bits per heavy atom. The third-order valence-electron chi connectivity index (χ3n) is 6.26. The highest BCUT2D eigenvalue weighted by Crippen LogP contribution is 2.51. The molecule has 40 heavy (non-hydrogen) atoms. The van der Waals surface area contributed by atoms with Gasteiger partial charge in [0, 0.05) is 12.0 Å². The maximum absolute atomic E-state index is 13.6. The van der Waals surface area contributed by atoms with E-state index >= 15 is 0 Å². The van der Waals surface area contributed by atoms with Crippen molar-refractivity contribution in [3.63, 3.8) is 0 Å². The summed E-state index contributed by atoms with van der Waals surface area (Å²) in [6, 6.07) is 3.88. The molecule has 10 nitrogen and oxygen atoms in total. The van der Waals surface area contributed by atoms with Crippen molar-refractivity contribution >= 4 is 21.6 Å². The lowest BCUT2D eigenvalue weighted by molar-refractivity contribution is -0.376. The number of aryl methyl sites for hydroxylation is 1. The van der Waals surface area contributed by atoms with Crippen molar-refractivity contribution in [2.75, 3.05) is 4.31 Å². The summed E-state index contributed by atoms with van der Waals surface area (Å²) in [5.74, 6) is -1.32. The van der Waals surface area contributed by atoms with Gasteiger partial charge in [0.25, 0.3) is 15.6 Å². The number of aromatic nitrogens is 4. The van der Waals surface area contributed by atoms with Crippen LogP contribution in [-0.4, -0.2) is 58.5 Å². The number of nitrogens with zero attached hydrogens (tertiary/aromatic N) is 4. The lowest BCUT2D eigenvalue weighted by Crippen LogP contribution is -2.54. The average Bonchev–Trinajstić information content (AvgIpc) is 3.39. The van der Waals surface area contributed by atoms with Crippen LogP contribution in [0.25, 0.3) is 0 Å². The minimum absolute atomic E-state index is 0.118. The second-order valence-corrected chi connectivity index (χ2v) is 10.6. The quantitative estimate of drug-likeness (QED) is 0.356. The summed E-state index contributed by atoms with van der Waals surface area (Å²) in [5, 5.41) is 25.1. The van der Waals surface area contributed by atoms with Gasteiger partial charge in [-0.25, -0.2) is 12.8 Å². The van der Waals surface area contributed by atoms with Gasteiger partial charge < -0.3 is 10.4 Å². The highest BCUT2D eigenvalue weighted by Gasteiger charge is 2.71. The molecule has 1 atom stereocenters. The molecule has 3 N–H and O–H groups in total. The van der Waals surface area contributed by atoms with Gasteiger partial charge >= 0.3 is 12.4 Å². The number of tetrazole rings is 1. The molecule has 18 heteroatoms. The Morgan fingerprint density at radius 3 is 2.30 bits per heavy atom. The molecule has 216 valence electrons. The summed E-state index contributed by atoms with van der Waals surface area (Å²) in [5.41, 5.74) is -7.33. The number of aliphatic hydroxyl groups is 1. The molecule has 0 radical (unpaired) electrons. The normalized spacial score (nSPS) is 16.5. The zero-order valence-electron chi connectivity index (χ0n) is 20.0. The zero-order valence-corrected chi connectivity index (χ0v) is 20.8. The molecular weight excluding hydrogens is 577 g/mol. The first-order valence-corrected chi connectivity index (χ1v) is 12.8. The Hall–Kier alpha value is -3.80. The number of alkyl halides is 6. The Morgan fingerprint density at radius 1 is 1.07 bits per heavy atom. The second-order valence-electron chi connectivity index (χ2n) is 8.81. The molecule has 1 aromatic heterocycles. The Kier molecular flexibility index (Phi) is 7.52. The lowest BCUT2D eigenvalue weighted by atomic mass is 9.87. The minimum atomic E-state index is -6.15. The number of rotatable bonds is 7. The van der Waals surface area contributed by atoms with Gasteiger partial charge in [-0.3, -0.25) is 9.10 Å². The predicted octanol–water partition coefficient (Wildman–Crippen LogP) is 2.87. The van der Waals surface area contributed by atoms with Crippen LogP contribution < -0.4 is 9.62 Å². The molecule has 0 fully saturated rings. The summed E-state index contributed by atoms with van der Waals surface area (Å²) in [7, 11) is -4.61. The number of amides is 1. The molecule has 0 bridgehead atoms. The van der Waals surface area contributed by atoms with Crippen molar-refractivity contribution in [2.45, 2.75) is 54.7 Å². The van der Waals surface area contributed by atoms with Crippen molar-refractivity contribution in [3.05, 3.63) is 65.2 Å². The van der Waals surface area contributed by atoms with Crippen LogP contribution in [0.15, 0.2) is 47.4 Å². The first-order chi connectivity index (χ1) is 18.6. The SMILES string of the molecule is O=C(C[C@@H]1CCc2cc(C(O)(C(F)(F)F)C(F)(F)F)ccc2N1S(=O)(=O)c1ccc(F)cc1)NCc1nn[nH]n1. The van der Waals surface area contributed by atoms with E-state index in [0.29, 0.717) is 22.5 Å². The van der Waals surface area contributed by atoms with E-state index in [4.69, 9.17) is 0 Å². The van der Waals surface area contributed by atoms with E-state index in [0.717, 1.165) is 24.3 Å².